The number of aliphatic hydroxyl groups excluding tert-OH is 1. The fraction of sp³-hybridized carbons (Fsp3) is 0.333. The van der Waals surface area contributed by atoms with E-state index in [1.54, 1.807) is 24.3 Å². The molecule has 0 aromatic heterocycles. The van der Waals surface area contributed by atoms with Gasteiger partial charge in [-0.15, -0.1) is 0 Å². The van der Waals surface area contributed by atoms with Gasteiger partial charge in [-0.1, -0.05) is 24.3 Å². The van der Waals surface area contributed by atoms with Gasteiger partial charge in [0.25, 0.3) is 5.91 Å². The van der Waals surface area contributed by atoms with Crippen molar-refractivity contribution in [3.05, 3.63) is 71.0 Å². The van der Waals surface area contributed by atoms with Crippen LogP contribution in [0.4, 0.5) is 4.39 Å². The molecular formula is C21H24FN3O2. The second-order valence-corrected chi connectivity index (χ2v) is 6.85. The fourth-order valence-corrected chi connectivity index (χ4v) is 3.13. The molecule has 0 saturated carbocycles. The van der Waals surface area contributed by atoms with Crippen molar-refractivity contribution in [1.82, 2.24) is 10.3 Å². The number of aliphatic hydroxyl groups is 1. The zero-order valence-corrected chi connectivity index (χ0v) is 15.1. The second-order valence-electron chi connectivity index (χ2n) is 6.85. The molecule has 3 rings (SSSR count). The lowest BCUT2D eigenvalue weighted by Crippen LogP contribution is -2.34. The van der Waals surface area contributed by atoms with Crippen LogP contribution in [-0.4, -0.2) is 41.8 Å². The molecule has 142 valence electrons. The molecular weight excluding hydrogens is 345 g/mol. The first-order valence-electron chi connectivity index (χ1n) is 9.15. The molecule has 6 heteroatoms. The number of piperidine rings is 1. The highest BCUT2D eigenvalue weighted by molar-refractivity contribution is 5.94. The minimum absolute atomic E-state index is 0.279. The Morgan fingerprint density at radius 2 is 1.81 bits per heavy atom. The number of nitrogens with one attached hydrogen (secondary N) is 1. The summed E-state index contributed by atoms with van der Waals surface area (Å²) < 4.78 is 12.8. The van der Waals surface area contributed by atoms with Crippen molar-refractivity contribution in [1.29, 1.82) is 0 Å². The van der Waals surface area contributed by atoms with E-state index >= 15 is 0 Å². The third-order valence-electron chi connectivity index (χ3n) is 4.84. The van der Waals surface area contributed by atoms with Crippen LogP contribution in [0.1, 0.15) is 34.3 Å². The van der Waals surface area contributed by atoms with Crippen molar-refractivity contribution >= 4 is 12.1 Å². The number of nitrogens with zero attached hydrogens (tertiary/aromatic N) is 2. The van der Waals surface area contributed by atoms with Gasteiger partial charge in [0.1, 0.15) is 5.82 Å². The molecule has 2 aromatic rings. The van der Waals surface area contributed by atoms with Crippen molar-refractivity contribution in [2.75, 3.05) is 19.7 Å². The largest absolute Gasteiger partial charge is 0.396 e. The highest BCUT2D eigenvalue weighted by Gasteiger charge is 2.18. The molecule has 0 unspecified atom stereocenters. The molecule has 0 bridgehead atoms. The van der Waals surface area contributed by atoms with Gasteiger partial charge in [-0.3, -0.25) is 9.69 Å². The van der Waals surface area contributed by atoms with E-state index < -0.39 is 0 Å². The molecule has 5 nitrogen and oxygen atoms in total. The van der Waals surface area contributed by atoms with Gasteiger partial charge in [0.2, 0.25) is 0 Å². The Hall–Kier alpha value is -2.57. The molecule has 1 amide bonds. The monoisotopic (exact) mass is 369 g/mol. The van der Waals surface area contributed by atoms with Gasteiger partial charge in [0.15, 0.2) is 0 Å². The number of likely N-dealkylation sites (tertiary alicyclic amines) is 1. The van der Waals surface area contributed by atoms with Crippen LogP contribution in [0.15, 0.2) is 53.6 Å². The zero-order valence-electron chi connectivity index (χ0n) is 15.1. The maximum Gasteiger partial charge on any atom is 0.271 e. The van der Waals surface area contributed by atoms with Gasteiger partial charge in [-0.25, -0.2) is 9.82 Å². The van der Waals surface area contributed by atoms with E-state index in [1.807, 2.05) is 12.1 Å². The van der Waals surface area contributed by atoms with Crippen LogP contribution in [0.2, 0.25) is 0 Å². The number of rotatable bonds is 6. The predicted molar refractivity (Wildman–Crippen MR) is 103 cm³/mol. The van der Waals surface area contributed by atoms with Gasteiger partial charge in [-0.05, 0) is 67.2 Å². The van der Waals surface area contributed by atoms with Crippen LogP contribution in [0.25, 0.3) is 0 Å². The molecule has 1 aliphatic rings. The minimum atomic E-state index is -0.311. The number of halogens is 1. The summed E-state index contributed by atoms with van der Waals surface area (Å²) in [5, 5.41) is 13.1. The topological polar surface area (TPSA) is 64.9 Å². The van der Waals surface area contributed by atoms with Gasteiger partial charge in [-0.2, -0.15) is 5.10 Å². The van der Waals surface area contributed by atoms with Crippen LogP contribution >= 0.6 is 0 Å². The molecule has 0 atom stereocenters. The van der Waals surface area contributed by atoms with E-state index in [0.717, 1.165) is 38.0 Å². The maximum absolute atomic E-state index is 12.8. The Bertz CT molecular complexity index is 767. The van der Waals surface area contributed by atoms with E-state index in [-0.39, 0.29) is 18.3 Å². The van der Waals surface area contributed by atoms with Crippen molar-refractivity contribution < 1.29 is 14.3 Å². The average Bonchev–Trinajstić information content (AvgIpc) is 2.70. The van der Waals surface area contributed by atoms with Crippen molar-refractivity contribution in [2.24, 2.45) is 11.0 Å². The average molecular weight is 369 g/mol. The summed E-state index contributed by atoms with van der Waals surface area (Å²) in [7, 11) is 0. The number of amides is 1. The summed E-state index contributed by atoms with van der Waals surface area (Å²) in [6.45, 7) is 3.11. The number of hydrogen-bond donors (Lipinski definition) is 2. The normalized spacial score (nSPS) is 15.9. The molecule has 2 N–H and O–H groups in total. The summed E-state index contributed by atoms with van der Waals surface area (Å²) >= 11 is 0. The molecule has 1 fully saturated rings. The molecule has 27 heavy (non-hydrogen) atoms. The van der Waals surface area contributed by atoms with Crippen molar-refractivity contribution in [2.45, 2.75) is 19.4 Å². The summed E-state index contributed by atoms with van der Waals surface area (Å²) in [6, 6.07) is 13.3. The lowest BCUT2D eigenvalue weighted by molar-refractivity contribution is 0.0955. The predicted octanol–water partition coefficient (Wildman–Crippen LogP) is 2.79. The molecule has 0 radical (unpaired) electrons. The summed E-state index contributed by atoms with van der Waals surface area (Å²) in [5.41, 5.74) is 4.87. The van der Waals surface area contributed by atoms with Gasteiger partial charge in [0, 0.05) is 18.7 Å². The molecule has 0 spiro atoms. The fourth-order valence-electron chi connectivity index (χ4n) is 3.13. The Morgan fingerprint density at radius 1 is 1.15 bits per heavy atom. The number of hydrazone groups is 1. The molecule has 1 heterocycles. The smallest absolute Gasteiger partial charge is 0.271 e. The van der Waals surface area contributed by atoms with Crippen LogP contribution in [0.5, 0.6) is 0 Å². The first-order valence-corrected chi connectivity index (χ1v) is 9.15. The lowest BCUT2D eigenvalue weighted by atomic mass is 9.97. The summed E-state index contributed by atoms with van der Waals surface area (Å²) in [6.07, 6.45) is 3.54. The van der Waals surface area contributed by atoms with E-state index in [2.05, 4.69) is 15.4 Å². The third kappa shape index (κ3) is 5.70. The number of carbonyl (C=O) groups is 1. The Balaban J connectivity index is 1.49. The third-order valence-corrected chi connectivity index (χ3v) is 4.84. The number of benzene rings is 2. The Kier molecular flexibility index (Phi) is 6.68. The summed E-state index contributed by atoms with van der Waals surface area (Å²) in [5.74, 6) is -0.166. The van der Waals surface area contributed by atoms with E-state index in [9.17, 15) is 14.3 Å². The maximum atomic E-state index is 12.8. The molecule has 1 saturated heterocycles. The highest BCUT2D eigenvalue weighted by Crippen LogP contribution is 2.18. The van der Waals surface area contributed by atoms with E-state index in [1.165, 1.54) is 18.3 Å². The SMILES string of the molecule is O=C(N/N=C/c1ccc(F)cc1)c1ccc(CN2CCC(CO)CC2)cc1. The molecule has 0 aliphatic carbocycles. The van der Waals surface area contributed by atoms with Crippen molar-refractivity contribution in [3.63, 3.8) is 0 Å². The van der Waals surface area contributed by atoms with Crippen molar-refractivity contribution in [3.8, 4) is 0 Å². The zero-order chi connectivity index (χ0) is 19.1. The first-order chi connectivity index (χ1) is 13.1. The Labute approximate surface area is 158 Å². The standard InChI is InChI=1S/C21H24FN3O2/c22-20-7-3-16(4-8-20)13-23-24-21(27)19-5-1-17(2-6-19)14-25-11-9-18(15-26)10-12-25/h1-8,13,18,26H,9-12,14-15H2,(H,24,27)/b23-13+. The minimum Gasteiger partial charge on any atom is -0.396 e. The van der Waals surface area contributed by atoms with Crippen LogP contribution in [0, 0.1) is 11.7 Å². The van der Waals surface area contributed by atoms with Crippen LogP contribution in [0.3, 0.4) is 0 Å². The quantitative estimate of drug-likeness (QED) is 0.608. The van der Waals surface area contributed by atoms with Gasteiger partial charge < -0.3 is 5.11 Å². The summed E-state index contributed by atoms with van der Waals surface area (Å²) in [4.78, 5) is 14.5. The first kappa shape index (κ1) is 19.2. The highest BCUT2D eigenvalue weighted by atomic mass is 19.1. The molecule has 1 aliphatic heterocycles. The van der Waals surface area contributed by atoms with Crippen LogP contribution in [-0.2, 0) is 6.54 Å². The number of hydrogen-bond acceptors (Lipinski definition) is 4. The van der Waals surface area contributed by atoms with E-state index in [0.29, 0.717) is 17.0 Å². The molecule has 2 aromatic carbocycles. The van der Waals surface area contributed by atoms with Crippen LogP contribution < -0.4 is 5.43 Å². The number of carbonyl (C=O) groups excluding carboxylic acids is 1. The van der Waals surface area contributed by atoms with E-state index in [4.69, 9.17) is 0 Å². The lowest BCUT2D eigenvalue weighted by Gasteiger charge is -2.31. The second kappa shape index (κ2) is 9.39. The van der Waals surface area contributed by atoms with Gasteiger partial charge >= 0.3 is 0 Å². The van der Waals surface area contributed by atoms with Gasteiger partial charge in [0.05, 0.1) is 6.21 Å². The Morgan fingerprint density at radius 3 is 2.44 bits per heavy atom.